The summed E-state index contributed by atoms with van der Waals surface area (Å²) in [6, 6.07) is 6.18. The first-order valence-electron chi connectivity index (χ1n) is 8.10. The fourth-order valence-electron chi connectivity index (χ4n) is 5.15. The molecule has 1 heterocycles. The van der Waals surface area contributed by atoms with E-state index in [0.717, 1.165) is 17.9 Å². The van der Waals surface area contributed by atoms with Crippen LogP contribution in [0.15, 0.2) is 18.2 Å². The number of piperidine rings is 1. The van der Waals surface area contributed by atoms with Crippen LogP contribution >= 0.6 is 0 Å². The van der Waals surface area contributed by atoms with Crippen molar-refractivity contribution < 1.29 is 9.53 Å². The number of rotatable bonds is 1. The SMILES string of the molecule is COc1ccc2c(c1)[C@@]13CCCC[C@@H]1[C@@H](C2=O)N(C)CC3. The number of likely N-dealkylation sites (tertiary alicyclic amines) is 1. The normalized spacial score (nSPS) is 35.0. The molecule has 112 valence electrons. The molecule has 0 aromatic heterocycles. The summed E-state index contributed by atoms with van der Waals surface area (Å²) in [6.45, 7) is 1.03. The topological polar surface area (TPSA) is 29.5 Å². The number of ketones is 1. The van der Waals surface area contributed by atoms with Crippen molar-refractivity contribution in [2.24, 2.45) is 5.92 Å². The van der Waals surface area contributed by atoms with Gasteiger partial charge in [0.15, 0.2) is 5.78 Å². The highest BCUT2D eigenvalue weighted by Gasteiger charge is 2.56. The Hall–Kier alpha value is -1.35. The largest absolute Gasteiger partial charge is 0.497 e. The van der Waals surface area contributed by atoms with E-state index in [9.17, 15) is 4.79 Å². The summed E-state index contributed by atoms with van der Waals surface area (Å²) in [5.41, 5.74) is 2.44. The number of ether oxygens (including phenoxy) is 1. The van der Waals surface area contributed by atoms with Gasteiger partial charge in [0.2, 0.25) is 0 Å². The molecule has 0 spiro atoms. The van der Waals surface area contributed by atoms with Gasteiger partial charge in [-0.1, -0.05) is 12.8 Å². The third kappa shape index (κ3) is 1.67. The number of nitrogens with zero attached hydrogens (tertiary/aromatic N) is 1. The summed E-state index contributed by atoms with van der Waals surface area (Å²) in [4.78, 5) is 15.3. The zero-order chi connectivity index (χ0) is 14.6. The van der Waals surface area contributed by atoms with Crippen LogP contribution in [0.3, 0.4) is 0 Å². The zero-order valence-electron chi connectivity index (χ0n) is 12.9. The highest BCUT2D eigenvalue weighted by molar-refractivity contribution is 6.03. The molecule has 1 aromatic rings. The summed E-state index contributed by atoms with van der Waals surface area (Å²) in [6.07, 6.45) is 6.16. The van der Waals surface area contributed by atoms with E-state index in [1.807, 2.05) is 12.1 Å². The molecular formula is C18H23NO2. The molecule has 2 bridgehead atoms. The van der Waals surface area contributed by atoms with Crippen molar-refractivity contribution in [1.29, 1.82) is 0 Å². The molecule has 3 aliphatic rings. The second kappa shape index (κ2) is 4.57. The lowest BCUT2D eigenvalue weighted by Crippen LogP contribution is -2.62. The third-order valence-electron chi connectivity index (χ3n) is 6.16. The van der Waals surface area contributed by atoms with E-state index < -0.39 is 0 Å². The molecule has 0 N–H and O–H groups in total. The maximum absolute atomic E-state index is 13.0. The zero-order valence-corrected chi connectivity index (χ0v) is 12.9. The van der Waals surface area contributed by atoms with E-state index in [2.05, 4.69) is 18.0 Å². The minimum Gasteiger partial charge on any atom is -0.497 e. The van der Waals surface area contributed by atoms with Gasteiger partial charge in [0, 0.05) is 11.0 Å². The minimum atomic E-state index is 0.0972. The number of hydrogen-bond acceptors (Lipinski definition) is 3. The van der Waals surface area contributed by atoms with Gasteiger partial charge >= 0.3 is 0 Å². The van der Waals surface area contributed by atoms with Crippen molar-refractivity contribution in [3.63, 3.8) is 0 Å². The summed E-state index contributed by atoms with van der Waals surface area (Å²) >= 11 is 0. The van der Waals surface area contributed by atoms with E-state index in [-0.39, 0.29) is 11.5 Å². The Morgan fingerprint density at radius 3 is 2.95 bits per heavy atom. The van der Waals surface area contributed by atoms with Gasteiger partial charge in [-0.05, 0) is 62.5 Å². The smallest absolute Gasteiger partial charge is 0.180 e. The lowest BCUT2D eigenvalue weighted by atomic mass is 9.52. The highest BCUT2D eigenvalue weighted by Crippen LogP contribution is 2.55. The van der Waals surface area contributed by atoms with Gasteiger partial charge in [-0.25, -0.2) is 0 Å². The Bertz CT molecular complexity index is 597. The van der Waals surface area contributed by atoms with E-state index >= 15 is 0 Å². The molecule has 2 aliphatic carbocycles. The third-order valence-corrected chi connectivity index (χ3v) is 6.16. The van der Waals surface area contributed by atoms with Gasteiger partial charge < -0.3 is 4.74 Å². The molecule has 1 aliphatic heterocycles. The van der Waals surface area contributed by atoms with E-state index in [4.69, 9.17) is 4.74 Å². The molecule has 3 nitrogen and oxygen atoms in total. The Kier molecular flexibility index (Phi) is 2.90. The van der Waals surface area contributed by atoms with E-state index in [0.29, 0.717) is 11.7 Å². The predicted molar refractivity (Wildman–Crippen MR) is 82.0 cm³/mol. The Labute approximate surface area is 126 Å². The molecule has 1 saturated heterocycles. The van der Waals surface area contributed by atoms with Crippen molar-refractivity contribution >= 4 is 5.78 Å². The maximum Gasteiger partial charge on any atom is 0.180 e. The lowest BCUT2D eigenvalue weighted by Gasteiger charge is -2.57. The molecule has 3 atom stereocenters. The molecule has 3 heteroatoms. The first-order valence-corrected chi connectivity index (χ1v) is 8.10. The number of likely N-dealkylation sites (N-methyl/N-ethyl adjacent to an activating group) is 1. The fraction of sp³-hybridized carbons (Fsp3) is 0.611. The van der Waals surface area contributed by atoms with Crippen molar-refractivity contribution in [2.75, 3.05) is 20.7 Å². The number of carbonyl (C=O) groups is 1. The van der Waals surface area contributed by atoms with Crippen LogP contribution in [0.5, 0.6) is 5.75 Å². The molecule has 21 heavy (non-hydrogen) atoms. The van der Waals surface area contributed by atoms with Crippen LogP contribution in [0.25, 0.3) is 0 Å². The highest BCUT2D eigenvalue weighted by atomic mass is 16.5. The maximum atomic E-state index is 13.0. The van der Waals surface area contributed by atoms with Crippen LogP contribution in [0.1, 0.15) is 48.0 Å². The fourth-order valence-corrected chi connectivity index (χ4v) is 5.15. The van der Waals surface area contributed by atoms with Crippen molar-refractivity contribution in [3.05, 3.63) is 29.3 Å². The first kappa shape index (κ1) is 13.3. The van der Waals surface area contributed by atoms with Crippen LogP contribution in [-0.2, 0) is 5.41 Å². The van der Waals surface area contributed by atoms with Gasteiger partial charge in [-0.15, -0.1) is 0 Å². The number of fused-ring (bicyclic) bond motifs is 1. The summed E-state index contributed by atoms with van der Waals surface area (Å²) in [5.74, 6) is 1.71. The predicted octanol–water partition coefficient (Wildman–Crippen LogP) is 3.02. The molecule has 2 fully saturated rings. The van der Waals surface area contributed by atoms with Gasteiger partial charge in [0.25, 0.3) is 0 Å². The summed E-state index contributed by atoms with van der Waals surface area (Å²) in [7, 11) is 3.83. The molecule has 0 unspecified atom stereocenters. The number of Topliss-reactive ketones (excluding diaryl/α,β-unsaturated/α-hetero) is 1. The van der Waals surface area contributed by atoms with E-state index in [1.165, 1.54) is 37.7 Å². The Morgan fingerprint density at radius 1 is 1.29 bits per heavy atom. The quantitative estimate of drug-likeness (QED) is 0.794. The second-order valence-electron chi connectivity index (χ2n) is 6.96. The standard InChI is InChI=1S/C18H23NO2/c1-19-10-9-18-8-4-3-5-14(18)16(19)17(20)13-7-6-12(21-2)11-15(13)18/h6-7,11,14,16H,3-5,8-10H2,1-2H3/t14-,16+,18-/m1/s1. The number of methoxy groups -OCH3 is 1. The lowest BCUT2D eigenvalue weighted by molar-refractivity contribution is 0.00835. The molecule has 1 aromatic carbocycles. The second-order valence-corrected chi connectivity index (χ2v) is 6.96. The van der Waals surface area contributed by atoms with Crippen molar-refractivity contribution in [3.8, 4) is 5.75 Å². The Balaban J connectivity index is 1.95. The molecule has 0 radical (unpaired) electrons. The van der Waals surface area contributed by atoms with Crippen molar-refractivity contribution in [2.45, 2.75) is 43.6 Å². The average molecular weight is 285 g/mol. The van der Waals surface area contributed by atoms with Crippen LogP contribution in [0, 0.1) is 5.92 Å². The molecular weight excluding hydrogens is 262 g/mol. The average Bonchev–Trinajstić information content (AvgIpc) is 2.53. The molecule has 4 rings (SSSR count). The Morgan fingerprint density at radius 2 is 2.14 bits per heavy atom. The van der Waals surface area contributed by atoms with Crippen molar-refractivity contribution in [1.82, 2.24) is 4.90 Å². The number of hydrogen-bond donors (Lipinski definition) is 0. The van der Waals surface area contributed by atoms with Gasteiger partial charge in [0.1, 0.15) is 5.75 Å². The van der Waals surface area contributed by atoms with Gasteiger partial charge in [-0.3, -0.25) is 9.69 Å². The molecule has 1 saturated carbocycles. The van der Waals surface area contributed by atoms with Crippen LogP contribution in [0.4, 0.5) is 0 Å². The van der Waals surface area contributed by atoms with Gasteiger partial charge in [-0.2, -0.15) is 0 Å². The first-order chi connectivity index (χ1) is 10.2. The van der Waals surface area contributed by atoms with Crippen LogP contribution in [0.2, 0.25) is 0 Å². The summed E-state index contributed by atoms with van der Waals surface area (Å²) < 4.78 is 5.43. The van der Waals surface area contributed by atoms with Crippen LogP contribution in [-0.4, -0.2) is 37.4 Å². The minimum absolute atomic E-state index is 0.0972. The number of benzene rings is 1. The number of carbonyl (C=O) groups excluding carboxylic acids is 1. The molecule has 0 amide bonds. The monoisotopic (exact) mass is 285 g/mol. The van der Waals surface area contributed by atoms with Gasteiger partial charge in [0.05, 0.1) is 13.2 Å². The van der Waals surface area contributed by atoms with E-state index in [1.54, 1.807) is 7.11 Å². The van der Waals surface area contributed by atoms with Crippen LogP contribution < -0.4 is 4.74 Å². The summed E-state index contributed by atoms with van der Waals surface area (Å²) in [5, 5.41) is 0.